The molecule has 0 radical (unpaired) electrons. The summed E-state index contributed by atoms with van der Waals surface area (Å²) in [5.41, 5.74) is 1.98. The SMILES string of the molecule is COC(=O)C(C)Oc1cc(N2CC3=C(CCCC3)C2=O)c(F)cc1Cl. The van der Waals surface area contributed by atoms with Gasteiger partial charge in [0.1, 0.15) is 11.6 Å². The van der Waals surface area contributed by atoms with Crippen molar-refractivity contribution >= 4 is 29.2 Å². The van der Waals surface area contributed by atoms with Crippen LogP contribution in [0.2, 0.25) is 5.02 Å². The summed E-state index contributed by atoms with van der Waals surface area (Å²) in [7, 11) is 1.25. The van der Waals surface area contributed by atoms with Crippen LogP contribution in [-0.2, 0) is 14.3 Å². The van der Waals surface area contributed by atoms with Crippen molar-refractivity contribution in [2.24, 2.45) is 0 Å². The molecule has 0 aromatic heterocycles. The molecule has 5 nitrogen and oxygen atoms in total. The number of carbonyl (C=O) groups is 2. The first kappa shape index (κ1) is 17.7. The molecule has 1 unspecified atom stereocenters. The number of methoxy groups -OCH3 is 1. The summed E-state index contributed by atoms with van der Waals surface area (Å²) in [5.74, 6) is -1.20. The Bertz CT molecular complexity index is 762. The minimum absolute atomic E-state index is 0.0290. The fraction of sp³-hybridized carbons (Fsp3) is 0.444. The minimum Gasteiger partial charge on any atom is -0.477 e. The number of halogens is 2. The fourth-order valence-electron chi connectivity index (χ4n) is 3.24. The van der Waals surface area contributed by atoms with Crippen molar-refractivity contribution in [1.82, 2.24) is 0 Å². The zero-order chi connectivity index (χ0) is 18.1. The summed E-state index contributed by atoms with van der Waals surface area (Å²) >= 11 is 6.03. The van der Waals surface area contributed by atoms with Gasteiger partial charge in [0, 0.05) is 18.2 Å². The first-order chi connectivity index (χ1) is 11.9. The second kappa shape index (κ2) is 7.04. The van der Waals surface area contributed by atoms with Crippen LogP contribution >= 0.6 is 11.6 Å². The van der Waals surface area contributed by atoms with Crippen LogP contribution in [0.1, 0.15) is 32.6 Å². The van der Waals surface area contributed by atoms with Crippen molar-refractivity contribution < 1.29 is 23.5 Å². The van der Waals surface area contributed by atoms with Gasteiger partial charge in [-0.15, -0.1) is 0 Å². The number of ether oxygens (including phenoxy) is 2. The molecule has 1 aromatic carbocycles. The molecule has 134 valence electrons. The zero-order valence-electron chi connectivity index (χ0n) is 14.1. The Morgan fingerprint density at radius 3 is 2.72 bits per heavy atom. The van der Waals surface area contributed by atoms with Gasteiger partial charge in [0.2, 0.25) is 0 Å². The van der Waals surface area contributed by atoms with E-state index in [1.165, 1.54) is 25.0 Å². The van der Waals surface area contributed by atoms with Crippen molar-refractivity contribution in [3.63, 3.8) is 0 Å². The molecule has 7 heteroatoms. The number of hydrogen-bond acceptors (Lipinski definition) is 4. The van der Waals surface area contributed by atoms with Crippen LogP contribution in [-0.4, -0.2) is 31.6 Å². The van der Waals surface area contributed by atoms with E-state index in [0.29, 0.717) is 6.54 Å². The molecule has 0 N–H and O–H groups in total. The Labute approximate surface area is 150 Å². The van der Waals surface area contributed by atoms with Crippen molar-refractivity contribution in [1.29, 1.82) is 0 Å². The van der Waals surface area contributed by atoms with Crippen LogP contribution in [0.3, 0.4) is 0 Å². The predicted octanol–water partition coefficient (Wildman–Crippen LogP) is 3.64. The van der Waals surface area contributed by atoms with Crippen LogP contribution in [0, 0.1) is 5.82 Å². The van der Waals surface area contributed by atoms with Gasteiger partial charge < -0.3 is 14.4 Å². The number of esters is 1. The van der Waals surface area contributed by atoms with E-state index < -0.39 is 17.9 Å². The van der Waals surface area contributed by atoms with Crippen LogP contribution in [0.25, 0.3) is 0 Å². The van der Waals surface area contributed by atoms with Crippen molar-refractivity contribution in [3.05, 3.63) is 34.1 Å². The Balaban J connectivity index is 1.89. The van der Waals surface area contributed by atoms with Gasteiger partial charge in [0.25, 0.3) is 5.91 Å². The predicted molar refractivity (Wildman–Crippen MR) is 91.4 cm³/mol. The van der Waals surface area contributed by atoms with Crippen LogP contribution < -0.4 is 9.64 Å². The zero-order valence-corrected chi connectivity index (χ0v) is 14.9. The summed E-state index contributed by atoms with van der Waals surface area (Å²) in [6.07, 6.45) is 2.74. The van der Waals surface area contributed by atoms with Gasteiger partial charge in [-0.1, -0.05) is 11.6 Å². The molecular weight excluding hydrogens is 349 g/mol. The normalized spacial score (nSPS) is 18.2. The van der Waals surface area contributed by atoms with Crippen molar-refractivity contribution in [2.75, 3.05) is 18.6 Å². The third-order valence-corrected chi connectivity index (χ3v) is 4.86. The number of hydrogen-bond donors (Lipinski definition) is 0. The lowest BCUT2D eigenvalue weighted by atomic mass is 9.94. The summed E-state index contributed by atoms with van der Waals surface area (Å²) in [6, 6.07) is 2.47. The van der Waals surface area contributed by atoms with Gasteiger partial charge in [0.05, 0.1) is 17.8 Å². The summed E-state index contributed by atoms with van der Waals surface area (Å²) in [4.78, 5) is 25.6. The lowest BCUT2D eigenvalue weighted by Gasteiger charge is -2.20. The second-order valence-corrected chi connectivity index (χ2v) is 6.60. The second-order valence-electron chi connectivity index (χ2n) is 6.20. The monoisotopic (exact) mass is 367 g/mol. The molecule has 0 bridgehead atoms. The highest BCUT2D eigenvalue weighted by molar-refractivity contribution is 6.32. The van der Waals surface area contributed by atoms with Crippen LogP contribution in [0.15, 0.2) is 23.3 Å². The number of nitrogens with zero attached hydrogens (tertiary/aromatic N) is 1. The largest absolute Gasteiger partial charge is 0.477 e. The third kappa shape index (κ3) is 3.35. The van der Waals surface area contributed by atoms with Gasteiger partial charge in [-0.25, -0.2) is 9.18 Å². The number of amides is 1. The lowest BCUT2D eigenvalue weighted by Crippen LogP contribution is -2.28. The van der Waals surface area contributed by atoms with Crippen molar-refractivity contribution in [3.8, 4) is 5.75 Å². The summed E-state index contributed by atoms with van der Waals surface area (Å²) in [5, 5.41) is 0.0290. The van der Waals surface area contributed by atoms with Gasteiger partial charge in [-0.3, -0.25) is 4.79 Å². The van der Waals surface area contributed by atoms with Gasteiger partial charge in [0.15, 0.2) is 6.10 Å². The average Bonchev–Trinajstić information content (AvgIpc) is 2.93. The highest BCUT2D eigenvalue weighted by Crippen LogP contribution is 2.39. The van der Waals surface area contributed by atoms with Gasteiger partial charge in [-0.2, -0.15) is 0 Å². The summed E-state index contributed by atoms with van der Waals surface area (Å²) < 4.78 is 24.5. The molecule has 3 rings (SSSR count). The molecule has 1 atom stereocenters. The molecule has 0 saturated carbocycles. The van der Waals surface area contributed by atoms with Crippen LogP contribution in [0.4, 0.5) is 10.1 Å². The van der Waals surface area contributed by atoms with Gasteiger partial charge >= 0.3 is 5.97 Å². The number of anilines is 1. The lowest BCUT2D eigenvalue weighted by molar-refractivity contribution is -0.147. The molecule has 1 amide bonds. The van der Waals surface area contributed by atoms with E-state index in [2.05, 4.69) is 4.74 Å². The van der Waals surface area contributed by atoms with E-state index >= 15 is 0 Å². The molecule has 1 heterocycles. The third-order valence-electron chi connectivity index (χ3n) is 4.56. The van der Waals surface area contributed by atoms with Crippen LogP contribution in [0.5, 0.6) is 5.75 Å². The molecule has 0 spiro atoms. The Morgan fingerprint density at radius 1 is 1.32 bits per heavy atom. The van der Waals surface area contributed by atoms with E-state index in [0.717, 1.165) is 42.9 Å². The first-order valence-corrected chi connectivity index (χ1v) is 8.56. The molecule has 1 aromatic rings. The smallest absolute Gasteiger partial charge is 0.346 e. The first-order valence-electron chi connectivity index (χ1n) is 8.18. The van der Waals surface area contributed by atoms with E-state index in [-0.39, 0.29) is 22.4 Å². The molecule has 1 aliphatic carbocycles. The Morgan fingerprint density at radius 2 is 2.04 bits per heavy atom. The Hall–Kier alpha value is -2.08. The maximum absolute atomic E-state index is 14.5. The molecule has 0 fully saturated rings. The van der Waals surface area contributed by atoms with Gasteiger partial charge in [-0.05, 0) is 44.2 Å². The highest BCUT2D eigenvalue weighted by atomic mass is 35.5. The molecule has 25 heavy (non-hydrogen) atoms. The molecule has 2 aliphatic rings. The Kier molecular flexibility index (Phi) is 4.99. The van der Waals surface area contributed by atoms with Crippen molar-refractivity contribution in [2.45, 2.75) is 38.7 Å². The number of benzene rings is 1. The summed E-state index contributed by atoms with van der Waals surface area (Å²) in [6.45, 7) is 1.89. The molecule has 0 saturated heterocycles. The van der Waals surface area contributed by atoms with E-state index in [1.54, 1.807) is 0 Å². The number of rotatable bonds is 4. The average molecular weight is 368 g/mol. The standard InChI is InChI=1S/C18H19ClFNO4/c1-10(18(23)24-2)25-16-8-15(14(20)7-13(16)19)21-9-11-5-3-4-6-12(11)17(21)22/h7-8,10H,3-6,9H2,1-2H3. The molecular formula is C18H19ClFNO4. The maximum atomic E-state index is 14.5. The maximum Gasteiger partial charge on any atom is 0.346 e. The number of carbonyl (C=O) groups excluding carboxylic acids is 2. The van der Waals surface area contributed by atoms with E-state index in [1.807, 2.05) is 0 Å². The molecule has 1 aliphatic heterocycles. The highest BCUT2D eigenvalue weighted by Gasteiger charge is 2.34. The fourth-order valence-corrected chi connectivity index (χ4v) is 3.44. The van der Waals surface area contributed by atoms with E-state index in [4.69, 9.17) is 16.3 Å². The quantitative estimate of drug-likeness (QED) is 0.762. The topological polar surface area (TPSA) is 55.8 Å². The minimum atomic E-state index is -0.901. The van der Waals surface area contributed by atoms with E-state index in [9.17, 15) is 14.0 Å².